The Balaban J connectivity index is 2.29. The molecule has 0 amide bonds. The fraction of sp³-hybridized carbons (Fsp3) is 0.462. The lowest BCUT2D eigenvalue weighted by Gasteiger charge is -2.10. The van der Waals surface area contributed by atoms with E-state index in [9.17, 15) is 14.9 Å². The highest BCUT2D eigenvalue weighted by atomic mass is 16.6. The topological polar surface area (TPSA) is 81.5 Å². The third kappa shape index (κ3) is 5.05. The number of benzene rings is 1. The summed E-state index contributed by atoms with van der Waals surface area (Å²) in [7, 11) is 1.37. The molecule has 1 atom stereocenters. The molecule has 6 nitrogen and oxygen atoms in total. The Morgan fingerprint density at radius 1 is 1.42 bits per heavy atom. The van der Waals surface area contributed by atoms with Crippen molar-refractivity contribution in [2.24, 2.45) is 5.92 Å². The molecule has 104 valence electrons. The number of rotatable bonds is 7. The minimum atomic E-state index is -0.417. The number of methoxy groups -OCH3 is 1. The summed E-state index contributed by atoms with van der Waals surface area (Å²) in [4.78, 5) is 21.2. The Bertz CT molecular complexity index is 431. The maximum Gasteiger partial charge on any atom is 0.309 e. The molecule has 0 aliphatic heterocycles. The zero-order valence-corrected chi connectivity index (χ0v) is 11.1. The number of carbonyl (C=O) groups excluding carboxylic acids is 1. The fourth-order valence-electron chi connectivity index (χ4n) is 1.62. The van der Waals surface area contributed by atoms with Gasteiger partial charge in [0.1, 0.15) is 0 Å². The number of nitro benzene ring substituents is 1. The third-order valence-corrected chi connectivity index (χ3v) is 2.79. The van der Waals surface area contributed by atoms with Gasteiger partial charge in [0.25, 0.3) is 5.69 Å². The Hall–Kier alpha value is -1.95. The number of nitro groups is 1. The molecule has 0 spiro atoms. The van der Waals surface area contributed by atoms with Gasteiger partial charge in [0.2, 0.25) is 0 Å². The van der Waals surface area contributed by atoms with Crippen LogP contribution in [0.15, 0.2) is 24.3 Å². The molecule has 1 aromatic rings. The highest BCUT2D eigenvalue weighted by Crippen LogP contribution is 2.11. The Labute approximate surface area is 111 Å². The normalized spacial score (nSPS) is 11.9. The van der Waals surface area contributed by atoms with Gasteiger partial charge >= 0.3 is 5.97 Å². The first-order valence-corrected chi connectivity index (χ1v) is 6.06. The molecule has 0 saturated heterocycles. The number of nitrogens with one attached hydrogen (secondary N) is 1. The number of esters is 1. The van der Waals surface area contributed by atoms with E-state index in [0.29, 0.717) is 13.1 Å². The van der Waals surface area contributed by atoms with Crippen LogP contribution in [-0.4, -0.2) is 31.1 Å². The van der Waals surface area contributed by atoms with E-state index in [4.69, 9.17) is 0 Å². The Morgan fingerprint density at radius 2 is 2.05 bits per heavy atom. The molecule has 1 N–H and O–H groups in total. The van der Waals surface area contributed by atoms with Crippen LogP contribution in [0.2, 0.25) is 0 Å². The van der Waals surface area contributed by atoms with Crippen molar-refractivity contribution in [1.29, 1.82) is 0 Å². The lowest BCUT2D eigenvalue weighted by Crippen LogP contribution is -2.28. The van der Waals surface area contributed by atoms with Gasteiger partial charge in [-0.05, 0) is 18.5 Å². The van der Waals surface area contributed by atoms with Crippen LogP contribution in [0.25, 0.3) is 0 Å². The predicted octanol–water partition coefficient (Wildman–Crippen LogP) is 1.54. The summed E-state index contributed by atoms with van der Waals surface area (Å²) in [5.41, 5.74) is 1.11. The molecule has 0 saturated carbocycles. The summed E-state index contributed by atoms with van der Waals surface area (Å²) >= 11 is 0. The van der Waals surface area contributed by atoms with Crippen molar-refractivity contribution in [3.8, 4) is 0 Å². The average molecular weight is 266 g/mol. The van der Waals surface area contributed by atoms with Crippen LogP contribution >= 0.6 is 0 Å². The number of carbonyl (C=O) groups is 1. The summed E-state index contributed by atoms with van der Waals surface area (Å²) in [5, 5.41) is 13.6. The summed E-state index contributed by atoms with van der Waals surface area (Å²) in [6.45, 7) is 3.06. The zero-order chi connectivity index (χ0) is 14.3. The average Bonchev–Trinajstić information content (AvgIpc) is 2.42. The van der Waals surface area contributed by atoms with Crippen molar-refractivity contribution in [3.63, 3.8) is 0 Å². The van der Waals surface area contributed by atoms with E-state index < -0.39 is 4.92 Å². The molecule has 19 heavy (non-hydrogen) atoms. The molecule has 6 heteroatoms. The Morgan fingerprint density at radius 3 is 2.58 bits per heavy atom. The van der Waals surface area contributed by atoms with Crippen LogP contribution in [0.4, 0.5) is 5.69 Å². The van der Waals surface area contributed by atoms with Crippen LogP contribution in [0.1, 0.15) is 12.5 Å². The van der Waals surface area contributed by atoms with Gasteiger partial charge in [0.05, 0.1) is 18.0 Å². The van der Waals surface area contributed by atoms with E-state index in [0.717, 1.165) is 12.0 Å². The molecular weight excluding hydrogens is 248 g/mol. The number of non-ortho nitro benzene ring substituents is 1. The van der Waals surface area contributed by atoms with Crippen LogP contribution in [0, 0.1) is 16.0 Å². The molecule has 1 rings (SSSR count). The zero-order valence-electron chi connectivity index (χ0n) is 11.1. The van der Waals surface area contributed by atoms with Gasteiger partial charge in [-0.15, -0.1) is 0 Å². The van der Waals surface area contributed by atoms with Crippen molar-refractivity contribution >= 4 is 11.7 Å². The molecule has 0 heterocycles. The SMILES string of the molecule is COC(=O)C(C)CNCCc1ccc([N+](=O)[O-])cc1. The van der Waals surface area contributed by atoms with Crippen molar-refractivity contribution in [2.45, 2.75) is 13.3 Å². The molecule has 1 unspecified atom stereocenters. The molecule has 0 aliphatic carbocycles. The largest absolute Gasteiger partial charge is 0.469 e. The standard InChI is InChI=1S/C13H18N2O4/c1-10(13(16)19-2)9-14-8-7-11-3-5-12(6-4-11)15(17)18/h3-6,10,14H,7-9H2,1-2H3. The maximum atomic E-state index is 11.2. The minimum Gasteiger partial charge on any atom is -0.469 e. The van der Waals surface area contributed by atoms with Crippen molar-refractivity contribution in [3.05, 3.63) is 39.9 Å². The van der Waals surface area contributed by atoms with E-state index in [1.165, 1.54) is 19.2 Å². The van der Waals surface area contributed by atoms with Gasteiger partial charge in [-0.25, -0.2) is 0 Å². The first kappa shape index (κ1) is 15.1. The summed E-state index contributed by atoms with van der Waals surface area (Å²) in [6, 6.07) is 6.46. The first-order valence-electron chi connectivity index (χ1n) is 6.06. The second kappa shape index (κ2) is 7.48. The van der Waals surface area contributed by atoms with Crippen molar-refractivity contribution in [1.82, 2.24) is 5.32 Å². The van der Waals surface area contributed by atoms with E-state index >= 15 is 0 Å². The number of nitrogens with zero attached hydrogens (tertiary/aromatic N) is 1. The van der Waals surface area contributed by atoms with Gasteiger partial charge in [0, 0.05) is 18.7 Å². The van der Waals surface area contributed by atoms with Gasteiger partial charge in [0.15, 0.2) is 0 Å². The molecule has 0 aromatic heterocycles. The summed E-state index contributed by atoms with van der Waals surface area (Å²) in [6.07, 6.45) is 0.756. The number of hydrogen-bond acceptors (Lipinski definition) is 5. The second-order valence-corrected chi connectivity index (χ2v) is 4.30. The van der Waals surface area contributed by atoms with E-state index in [-0.39, 0.29) is 17.6 Å². The maximum absolute atomic E-state index is 11.2. The molecule has 0 bridgehead atoms. The first-order chi connectivity index (χ1) is 9.04. The lowest BCUT2D eigenvalue weighted by atomic mass is 10.1. The van der Waals surface area contributed by atoms with Gasteiger partial charge in [-0.3, -0.25) is 14.9 Å². The molecular formula is C13H18N2O4. The quantitative estimate of drug-likeness (QED) is 0.350. The summed E-state index contributed by atoms with van der Waals surface area (Å²) < 4.78 is 4.62. The number of ether oxygens (including phenoxy) is 1. The van der Waals surface area contributed by atoms with Crippen LogP contribution in [0.3, 0.4) is 0 Å². The van der Waals surface area contributed by atoms with Crippen molar-refractivity contribution < 1.29 is 14.5 Å². The lowest BCUT2D eigenvalue weighted by molar-refractivity contribution is -0.384. The van der Waals surface area contributed by atoms with Gasteiger partial charge in [-0.1, -0.05) is 19.1 Å². The third-order valence-electron chi connectivity index (χ3n) is 2.79. The highest BCUT2D eigenvalue weighted by Gasteiger charge is 2.11. The van der Waals surface area contributed by atoms with Crippen LogP contribution in [-0.2, 0) is 16.0 Å². The highest BCUT2D eigenvalue weighted by molar-refractivity contribution is 5.71. The molecule has 0 aliphatic rings. The fourth-order valence-corrected chi connectivity index (χ4v) is 1.62. The monoisotopic (exact) mass is 266 g/mol. The van der Waals surface area contributed by atoms with E-state index in [1.807, 2.05) is 0 Å². The second-order valence-electron chi connectivity index (χ2n) is 4.30. The summed E-state index contributed by atoms with van der Waals surface area (Å²) in [5.74, 6) is -0.412. The van der Waals surface area contributed by atoms with Crippen LogP contribution in [0.5, 0.6) is 0 Å². The van der Waals surface area contributed by atoms with Crippen molar-refractivity contribution in [2.75, 3.05) is 20.2 Å². The predicted molar refractivity (Wildman–Crippen MR) is 70.9 cm³/mol. The van der Waals surface area contributed by atoms with Crippen LogP contribution < -0.4 is 5.32 Å². The van der Waals surface area contributed by atoms with Gasteiger partial charge in [-0.2, -0.15) is 0 Å². The van der Waals surface area contributed by atoms with E-state index in [2.05, 4.69) is 10.1 Å². The molecule has 0 fully saturated rings. The smallest absolute Gasteiger partial charge is 0.309 e. The minimum absolute atomic E-state index is 0.0935. The molecule has 1 aromatic carbocycles. The molecule has 0 radical (unpaired) electrons. The Kier molecular flexibility index (Phi) is 5.95. The number of hydrogen-bond donors (Lipinski definition) is 1. The van der Waals surface area contributed by atoms with Gasteiger partial charge < -0.3 is 10.1 Å². The van der Waals surface area contributed by atoms with E-state index in [1.54, 1.807) is 19.1 Å².